The lowest BCUT2D eigenvalue weighted by Gasteiger charge is -1.97. The second-order valence-electron chi connectivity index (χ2n) is 2.29. The first kappa shape index (κ1) is 8.47. The van der Waals surface area contributed by atoms with E-state index in [9.17, 15) is 4.79 Å². The number of rotatable bonds is 1. The number of aromatic nitrogens is 4. The van der Waals surface area contributed by atoms with Crippen LogP contribution in [0, 0.1) is 0 Å². The molecule has 2 heterocycles. The van der Waals surface area contributed by atoms with E-state index in [0.29, 0.717) is 17.1 Å². The van der Waals surface area contributed by atoms with Gasteiger partial charge in [0, 0.05) is 0 Å². The molecule has 2 aromatic rings. The van der Waals surface area contributed by atoms with Gasteiger partial charge in [-0.3, -0.25) is 4.98 Å². The van der Waals surface area contributed by atoms with Crippen molar-refractivity contribution >= 4 is 38.1 Å². The first-order chi connectivity index (χ1) is 6.20. The summed E-state index contributed by atoms with van der Waals surface area (Å²) >= 11 is 5.76. The van der Waals surface area contributed by atoms with E-state index in [0.717, 1.165) is 0 Å². The number of fused-ring (bicyclic) bond motifs is 1. The van der Waals surface area contributed by atoms with Crippen molar-refractivity contribution in [2.24, 2.45) is 0 Å². The average Bonchev–Trinajstić information content (AvgIpc) is 2.46. The highest BCUT2D eigenvalue weighted by atomic mass is 35.5. The molecule has 0 aromatic carbocycles. The van der Waals surface area contributed by atoms with Gasteiger partial charge in [-0.2, -0.15) is 9.97 Å². The number of imidazole rings is 1. The summed E-state index contributed by atoms with van der Waals surface area (Å²) in [5.74, 6) is 0.331. The number of H-pyrrole nitrogens is 2. The Balaban J connectivity index is 2.83. The smallest absolute Gasteiger partial charge is 0.325 e. The standard InChI is InChI=1S/C5H5ClN5OP/c6-2-1-3(10-5(12)7-1)9-4(8-2)11-13/h13H2,(H3,7,8,9,10,11,12). The summed E-state index contributed by atoms with van der Waals surface area (Å²) in [6.45, 7) is 0. The van der Waals surface area contributed by atoms with E-state index in [1.54, 1.807) is 0 Å². The minimum atomic E-state index is -0.355. The van der Waals surface area contributed by atoms with Gasteiger partial charge in [0.1, 0.15) is 5.52 Å². The van der Waals surface area contributed by atoms with E-state index in [-0.39, 0.29) is 10.8 Å². The quantitative estimate of drug-likeness (QED) is 0.480. The van der Waals surface area contributed by atoms with E-state index >= 15 is 0 Å². The maximum atomic E-state index is 10.9. The van der Waals surface area contributed by atoms with Crippen molar-refractivity contribution in [1.82, 2.24) is 19.9 Å². The number of hydrogen-bond donors (Lipinski definition) is 3. The summed E-state index contributed by atoms with van der Waals surface area (Å²) in [6.07, 6.45) is 0. The SMILES string of the molecule is O=c1[nH]c2nc(NP)nc(Cl)c2[nH]1. The van der Waals surface area contributed by atoms with Crippen molar-refractivity contribution in [3.8, 4) is 0 Å². The fraction of sp³-hybridized carbons (Fsp3) is 0. The maximum absolute atomic E-state index is 10.9. The van der Waals surface area contributed by atoms with Crippen LogP contribution in [0.3, 0.4) is 0 Å². The third-order valence-electron chi connectivity index (χ3n) is 1.46. The molecule has 0 aliphatic rings. The van der Waals surface area contributed by atoms with Gasteiger partial charge < -0.3 is 10.1 Å². The van der Waals surface area contributed by atoms with Gasteiger partial charge in [-0.1, -0.05) is 11.6 Å². The molecule has 1 unspecified atom stereocenters. The van der Waals surface area contributed by atoms with E-state index in [1.807, 2.05) is 0 Å². The Labute approximate surface area is 79.4 Å². The van der Waals surface area contributed by atoms with Gasteiger partial charge in [0.05, 0.1) is 0 Å². The first-order valence-electron chi connectivity index (χ1n) is 3.33. The fourth-order valence-electron chi connectivity index (χ4n) is 0.951. The lowest BCUT2D eigenvalue weighted by molar-refractivity contribution is 1.19. The number of hydrogen-bond acceptors (Lipinski definition) is 4. The second-order valence-corrected chi connectivity index (χ2v) is 2.93. The molecule has 13 heavy (non-hydrogen) atoms. The zero-order valence-corrected chi connectivity index (χ0v) is 8.17. The number of aromatic amines is 2. The van der Waals surface area contributed by atoms with Crippen molar-refractivity contribution in [2.45, 2.75) is 0 Å². The van der Waals surface area contributed by atoms with E-state index in [2.05, 4.69) is 34.4 Å². The Morgan fingerprint density at radius 2 is 2.15 bits per heavy atom. The number of anilines is 1. The van der Waals surface area contributed by atoms with Crippen LogP contribution in [-0.4, -0.2) is 19.9 Å². The Morgan fingerprint density at radius 1 is 1.38 bits per heavy atom. The Morgan fingerprint density at radius 3 is 2.85 bits per heavy atom. The van der Waals surface area contributed by atoms with E-state index < -0.39 is 0 Å². The van der Waals surface area contributed by atoms with Crippen molar-refractivity contribution in [3.05, 3.63) is 15.6 Å². The molecule has 0 radical (unpaired) electrons. The summed E-state index contributed by atoms with van der Waals surface area (Å²) < 4.78 is 0. The van der Waals surface area contributed by atoms with Crippen LogP contribution in [-0.2, 0) is 0 Å². The van der Waals surface area contributed by atoms with Crippen LogP contribution < -0.4 is 10.8 Å². The summed E-state index contributed by atoms with van der Waals surface area (Å²) in [7, 11) is 2.24. The molecule has 0 spiro atoms. The minimum absolute atomic E-state index is 0.202. The molecule has 0 fully saturated rings. The highest BCUT2D eigenvalue weighted by molar-refractivity contribution is 7.18. The molecular weight excluding hydrogens is 213 g/mol. The molecule has 0 aliphatic heterocycles. The number of nitrogens with one attached hydrogen (secondary N) is 3. The molecule has 3 N–H and O–H groups in total. The highest BCUT2D eigenvalue weighted by Crippen LogP contribution is 2.17. The normalized spacial score (nSPS) is 10.6. The predicted molar refractivity (Wildman–Crippen MR) is 52.9 cm³/mol. The molecule has 0 amide bonds. The fourth-order valence-corrected chi connectivity index (χ4v) is 1.30. The summed E-state index contributed by atoms with van der Waals surface area (Å²) in [6, 6.07) is 0. The number of nitrogens with zero attached hydrogens (tertiary/aromatic N) is 2. The molecule has 6 nitrogen and oxygen atoms in total. The largest absolute Gasteiger partial charge is 0.339 e. The topological polar surface area (TPSA) is 86.5 Å². The van der Waals surface area contributed by atoms with Crippen molar-refractivity contribution in [3.63, 3.8) is 0 Å². The van der Waals surface area contributed by atoms with Crippen molar-refractivity contribution in [2.75, 3.05) is 5.09 Å². The molecule has 0 saturated carbocycles. The lowest BCUT2D eigenvalue weighted by Crippen LogP contribution is -1.99. The predicted octanol–water partition coefficient (Wildman–Crippen LogP) is 0.502. The zero-order chi connectivity index (χ0) is 9.42. The van der Waals surface area contributed by atoms with Crippen LogP contribution in [0.1, 0.15) is 0 Å². The molecule has 1 atom stereocenters. The zero-order valence-electron chi connectivity index (χ0n) is 6.26. The summed E-state index contributed by atoms with van der Waals surface area (Å²) in [4.78, 5) is 23.7. The van der Waals surface area contributed by atoms with Gasteiger partial charge in [-0.15, -0.1) is 0 Å². The van der Waals surface area contributed by atoms with Crippen LogP contribution in [0.15, 0.2) is 4.79 Å². The molecule has 68 valence electrons. The molecule has 0 bridgehead atoms. The van der Waals surface area contributed by atoms with Gasteiger partial charge in [-0.25, -0.2) is 4.79 Å². The van der Waals surface area contributed by atoms with Gasteiger partial charge >= 0.3 is 5.69 Å². The third kappa shape index (κ3) is 1.38. The Hall–Kier alpha value is -1.13. The molecule has 2 aromatic heterocycles. The van der Waals surface area contributed by atoms with E-state index in [4.69, 9.17) is 11.6 Å². The average molecular weight is 218 g/mol. The lowest BCUT2D eigenvalue weighted by atomic mass is 10.6. The molecule has 8 heteroatoms. The van der Waals surface area contributed by atoms with Crippen LogP contribution in [0.5, 0.6) is 0 Å². The molecule has 0 aliphatic carbocycles. The van der Waals surface area contributed by atoms with Crippen LogP contribution in [0.2, 0.25) is 5.15 Å². The van der Waals surface area contributed by atoms with Gasteiger partial charge in [0.2, 0.25) is 5.95 Å². The highest BCUT2D eigenvalue weighted by Gasteiger charge is 2.07. The third-order valence-corrected chi connectivity index (χ3v) is 2.00. The van der Waals surface area contributed by atoms with Crippen LogP contribution in [0.25, 0.3) is 11.2 Å². The Bertz CT molecular complexity index is 505. The molecule has 0 saturated heterocycles. The van der Waals surface area contributed by atoms with E-state index in [1.165, 1.54) is 0 Å². The monoisotopic (exact) mass is 217 g/mol. The molecule has 2 rings (SSSR count). The first-order valence-corrected chi connectivity index (χ1v) is 4.28. The van der Waals surface area contributed by atoms with Gasteiger partial charge in [-0.05, 0) is 9.39 Å². The van der Waals surface area contributed by atoms with Gasteiger partial charge in [0.15, 0.2) is 10.8 Å². The van der Waals surface area contributed by atoms with Crippen LogP contribution in [0.4, 0.5) is 5.95 Å². The minimum Gasteiger partial charge on any atom is -0.339 e. The maximum Gasteiger partial charge on any atom is 0.325 e. The Kier molecular flexibility index (Phi) is 1.94. The second kappa shape index (κ2) is 2.97. The molecular formula is C5H5ClN5OP. The van der Waals surface area contributed by atoms with Crippen LogP contribution >= 0.6 is 21.0 Å². The van der Waals surface area contributed by atoms with Gasteiger partial charge in [0.25, 0.3) is 0 Å². The van der Waals surface area contributed by atoms with Crippen molar-refractivity contribution < 1.29 is 0 Å². The van der Waals surface area contributed by atoms with Crippen molar-refractivity contribution in [1.29, 1.82) is 0 Å². The summed E-state index contributed by atoms with van der Waals surface area (Å²) in [5.41, 5.74) is 0.442. The summed E-state index contributed by atoms with van der Waals surface area (Å²) in [5, 5.41) is 2.85. The number of halogens is 1.